The zero-order valence-corrected chi connectivity index (χ0v) is 15.6. The van der Waals surface area contributed by atoms with Gasteiger partial charge in [0, 0.05) is 22.5 Å². The molecule has 2 rings (SSSR count). The molecule has 0 fully saturated rings. The Kier molecular flexibility index (Phi) is 6.75. The van der Waals surface area contributed by atoms with E-state index >= 15 is 0 Å². The van der Waals surface area contributed by atoms with Gasteiger partial charge >= 0.3 is 0 Å². The van der Waals surface area contributed by atoms with Crippen molar-refractivity contribution in [3.8, 4) is 0 Å². The van der Waals surface area contributed by atoms with Gasteiger partial charge in [0.1, 0.15) is 5.76 Å². The molecule has 0 aliphatic heterocycles. The summed E-state index contributed by atoms with van der Waals surface area (Å²) >= 11 is 15.9. The van der Waals surface area contributed by atoms with Gasteiger partial charge < -0.3 is 9.73 Å². The molecule has 22 heavy (non-hydrogen) atoms. The summed E-state index contributed by atoms with van der Waals surface area (Å²) < 4.78 is 6.58. The summed E-state index contributed by atoms with van der Waals surface area (Å²) in [4.78, 5) is 1.04. The molecule has 0 atom stereocenters. The van der Waals surface area contributed by atoms with Crippen LogP contribution in [0.5, 0.6) is 0 Å². The van der Waals surface area contributed by atoms with Crippen molar-refractivity contribution in [2.45, 2.75) is 16.9 Å². The van der Waals surface area contributed by atoms with Crippen LogP contribution in [-0.4, -0.2) is 17.9 Å². The van der Waals surface area contributed by atoms with Gasteiger partial charge in [0.05, 0.1) is 10.7 Å². The van der Waals surface area contributed by atoms with Gasteiger partial charge in [-0.3, -0.25) is 5.43 Å². The highest BCUT2D eigenvalue weighted by Gasteiger charge is 2.09. The zero-order valence-electron chi connectivity index (χ0n) is 11.6. The summed E-state index contributed by atoms with van der Waals surface area (Å²) in [5.41, 5.74) is 2.71. The van der Waals surface area contributed by atoms with Gasteiger partial charge in [0.25, 0.3) is 0 Å². The average Bonchev–Trinajstić information content (AvgIpc) is 2.82. The molecule has 0 amide bonds. The average molecular weight is 419 g/mol. The fraction of sp³-hybridized carbons (Fsp3) is 0.143. The van der Waals surface area contributed by atoms with E-state index in [0.29, 0.717) is 15.9 Å². The number of hydrogen-bond acceptors (Lipinski definition) is 4. The molecule has 8 heteroatoms. The number of benzene rings is 1. The van der Waals surface area contributed by atoms with Crippen molar-refractivity contribution in [3.05, 3.63) is 45.6 Å². The van der Waals surface area contributed by atoms with Crippen LogP contribution in [0.2, 0.25) is 5.02 Å². The number of nitrogens with zero attached hydrogens (tertiary/aromatic N) is 1. The van der Waals surface area contributed by atoms with Crippen molar-refractivity contribution >= 4 is 62.8 Å². The first-order valence-electron chi connectivity index (χ1n) is 6.38. The molecule has 0 radical (unpaired) electrons. The lowest BCUT2D eigenvalue weighted by Crippen LogP contribution is -2.31. The lowest BCUT2D eigenvalue weighted by atomic mass is 10.4. The molecular weight excluding hydrogens is 406 g/mol. The lowest BCUT2D eigenvalue weighted by Gasteiger charge is -2.01. The van der Waals surface area contributed by atoms with E-state index in [9.17, 15) is 0 Å². The van der Waals surface area contributed by atoms with Crippen LogP contribution in [-0.2, 0) is 0 Å². The van der Waals surface area contributed by atoms with Crippen molar-refractivity contribution in [3.63, 3.8) is 0 Å². The number of rotatable bonds is 5. The number of hydrogen-bond donors (Lipinski definition) is 2. The smallest absolute Gasteiger partial charge is 0.186 e. The molecule has 0 saturated carbocycles. The van der Waals surface area contributed by atoms with Crippen molar-refractivity contribution in [2.24, 2.45) is 5.10 Å². The van der Waals surface area contributed by atoms with Crippen LogP contribution in [0.4, 0.5) is 0 Å². The largest absolute Gasteiger partial charge is 0.447 e. The van der Waals surface area contributed by atoms with Crippen LogP contribution in [0.25, 0.3) is 0 Å². The van der Waals surface area contributed by atoms with Gasteiger partial charge in [-0.05, 0) is 59.3 Å². The topological polar surface area (TPSA) is 49.6 Å². The molecular formula is C14H13BrClN3OS2. The van der Waals surface area contributed by atoms with E-state index in [1.165, 1.54) is 11.8 Å². The monoisotopic (exact) mass is 417 g/mol. The molecule has 0 aliphatic rings. The first-order valence-corrected chi connectivity index (χ1v) is 8.77. The second-order valence-corrected chi connectivity index (χ2v) is 6.81. The first kappa shape index (κ1) is 17.3. The van der Waals surface area contributed by atoms with Crippen LogP contribution >= 0.6 is 51.5 Å². The van der Waals surface area contributed by atoms with Crippen molar-refractivity contribution < 1.29 is 4.42 Å². The van der Waals surface area contributed by atoms with Gasteiger partial charge in [-0.25, -0.2) is 0 Å². The number of nitrogens with one attached hydrogen (secondary N) is 2. The number of hydrazone groups is 1. The number of thiocarbonyl (C=S) groups is 1. The van der Waals surface area contributed by atoms with Crippen LogP contribution in [0.1, 0.15) is 12.7 Å². The Morgan fingerprint density at radius 3 is 2.86 bits per heavy atom. The Bertz CT molecular complexity index is 673. The second-order valence-electron chi connectivity index (χ2n) is 4.07. The van der Waals surface area contributed by atoms with Gasteiger partial charge in [-0.2, -0.15) is 5.10 Å². The Morgan fingerprint density at radius 2 is 2.18 bits per heavy atom. The minimum atomic E-state index is 0.472. The Balaban J connectivity index is 2.00. The van der Waals surface area contributed by atoms with Crippen LogP contribution < -0.4 is 10.7 Å². The highest BCUT2D eigenvalue weighted by Crippen LogP contribution is 2.35. The molecule has 0 bridgehead atoms. The van der Waals surface area contributed by atoms with Gasteiger partial charge in [-0.1, -0.05) is 23.4 Å². The molecule has 0 unspecified atom stereocenters. The maximum absolute atomic E-state index is 5.87. The first-order chi connectivity index (χ1) is 10.6. The lowest BCUT2D eigenvalue weighted by molar-refractivity contribution is 0.466. The third-order valence-electron chi connectivity index (χ3n) is 2.39. The van der Waals surface area contributed by atoms with Crippen LogP contribution in [0, 0.1) is 0 Å². The highest BCUT2D eigenvalue weighted by atomic mass is 79.9. The fourth-order valence-corrected chi connectivity index (χ4v) is 3.12. The fourth-order valence-electron chi connectivity index (χ4n) is 1.47. The third kappa shape index (κ3) is 5.31. The molecule has 2 aromatic rings. The Hall–Kier alpha value is -1.02. The minimum Gasteiger partial charge on any atom is -0.447 e. The Labute approximate surface area is 151 Å². The molecule has 116 valence electrons. The summed E-state index contributed by atoms with van der Waals surface area (Å²) in [6.45, 7) is 2.71. The van der Waals surface area contributed by atoms with E-state index < -0.39 is 0 Å². The summed E-state index contributed by atoms with van der Waals surface area (Å²) in [5.74, 6) is 0.620. The van der Waals surface area contributed by atoms with E-state index in [-0.39, 0.29) is 0 Å². The standard InChI is InChI=1S/C14H13BrClN3OS2/c1-2-17-14(21)19-18-8-10-7-12(15)13(20-10)22-11-5-3-9(16)4-6-11/h3-8H,2H2,1H3,(H2,17,19,21)/b18-8-. The minimum absolute atomic E-state index is 0.472. The maximum Gasteiger partial charge on any atom is 0.186 e. The molecule has 1 aromatic heterocycles. The SMILES string of the molecule is CCNC(=S)N/N=C\c1cc(Br)c(Sc2ccc(Cl)cc2)o1. The third-order valence-corrected chi connectivity index (χ3v) is 4.73. The van der Waals surface area contributed by atoms with E-state index in [2.05, 4.69) is 31.8 Å². The molecule has 1 aromatic carbocycles. The van der Waals surface area contributed by atoms with Gasteiger partial charge in [-0.15, -0.1) is 0 Å². The van der Waals surface area contributed by atoms with E-state index in [1.807, 2.05) is 37.3 Å². The van der Waals surface area contributed by atoms with Gasteiger partial charge in [0.15, 0.2) is 10.2 Å². The number of halogens is 2. The predicted molar refractivity (Wildman–Crippen MR) is 99.0 cm³/mol. The molecule has 0 saturated heterocycles. The molecule has 0 aliphatic carbocycles. The quantitative estimate of drug-likeness (QED) is 0.420. The van der Waals surface area contributed by atoms with E-state index in [0.717, 1.165) is 21.0 Å². The zero-order chi connectivity index (χ0) is 15.9. The number of furan rings is 1. The van der Waals surface area contributed by atoms with Crippen molar-refractivity contribution in [1.29, 1.82) is 0 Å². The summed E-state index contributed by atoms with van der Waals surface area (Å²) in [6.07, 6.45) is 1.57. The maximum atomic E-state index is 5.87. The van der Waals surface area contributed by atoms with Crippen LogP contribution in [0.15, 0.2) is 54.3 Å². The second kappa shape index (κ2) is 8.57. The molecule has 2 N–H and O–H groups in total. The van der Waals surface area contributed by atoms with E-state index in [4.69, 9.17) is 28.2 Å². The Morgan fingerprint density at radius 1 is 1.45 bits per heavy atom. The highest BCUT2D eigenvalue weighted by molar-refractivity contribution is 9.10. The summed E-state index contributed by atoms with van der Waals surface area (Å²) in [7, 11) is 0. The normalized spacial score (nSPS) is 10.9. The summed E-state index contributed by atoms with van der Waals surface area (Å²) in [6, 6.07) is 9.40. The van der Waals surface area contributed by atoms with Crippen molar-refractivity contribution in [2.75, 3.05) is 6.54 Å². The van der Waals surface area contributed by atoms with E-state index in [1.54, 1.807) is 6.21 Å². The molecule has 4 nitrogen and oxygen atoms in total. The van der Waals surface area contributed by atoms with Crippen molar-refractivity contribution in [1.82, 2.24) is 10.7 Å². The predicted octanol–water partition coefficient (Wildman–Crippen LogP) is 4.66. The molecule has 0 spiro atoms. The molecule has 1 heterocycles. The van der Waals surface area contributed by atoms with Crippen LogP contribution in [0.3, 0.4) is 0 Å². The van der Waals surface area contributed by atoms with Gasteiger partial charge in [0.2, 0.25) is 0 Å². The summed E-state index contributed by atoms with van der Waals surface area (Å²) in [5, 5.41) is 8.88.